The van der Waals surface area contributed by atoms with Gasteiger partial charge in [-0.25, -0.2) is 4.39 Å². The second-order valence-corrected chi connectivity index (χ2v) is 6.20. The van der Waals surface area contributed by atoms with Gasteiger partial charge in [0.1, 0.15) is 18.5 Å². The fourth-order valence-corrected chi connectivity index (χ4v) is 2.95. The first-order valence-electron chi connectivity index (χ1n) is 8.43. The SMILES string of the molecule is Oc1ccc(N2CCN(CC(O)COc3ccccc3F)CC2)cc1. The molecule has 1 fully saturated rings. The number of para-hydroxylation sites is 1. The van der Waals surface area contributed by atoms with Crippen molar-refractivity contribution in [1.82, 2.24) is 4.90 Å². The van der Waals surface area contributed by atoms with Crippen LogP contribution < -0.4 is 9.64 Å². The van der Waals surface area contributed by atoms with Crippen molar-refractivity contribution in [3.05, 3.63) is 54.3 Å². The maximum absolute atomic E-state index is 13.5. The minimum absolute atomic E-state index is 0.0686. The third kappa shape index (κ3) is 4.84. The average molecular weight is 346 g/mol. The highest BCUT2D eigenvalue weighted by molar-refractivity contribution is 5.49. The first-order chi connectivity index (χ1) is 12.1. The van der Waals surface area contributed by atoms with E-state index in [0.717, 1.165) is 31.9 Å². The number of halogens is 1. The number of anilines is 1. The number of ether oxygens (including phenoxy) is 1. The second kappa shape index (κ2) is 8.18. The van der Waals surface area contributed by atoms with Crippen molar-refractivity contribution in [1.29, 1.82) is 0 Å². The summed E-state index contributed by atoms with van der Waals surface area (Å²) in [6.07, 6.45) is -0.667. The van der Waals surface area contributed by atoms with Crippen molar-refractivity contribution >= 4 is 5.69 Å². The van der Waals surface area contributed by atoms with Gasteiger partial charge in [-0.05, 0) is 36.4 Å². The number of aromatic hydroxyl groups is 1. The summed E-state index contributed by atoms with van der Waals surface area (Å²) in [4.78, 5) is 4.42. The van der Waals surface area contributed by atoms with Gasteiger partial charge < -0.3 is 19.8 Å². The Hall–Kier alpha value is -2.31. The van der Waals surface area contributed by atoms with E-state index in [-0.39, 0.29) is 18.1 Å². The van der Waals surface area contributed by atoms with Crippen molar-refractivity contribution in [2.45, 2.75) is 6.10 Å². The standard InChI is InChI=1S/C19H23FN2O3/c20-18-3-1-2-4-19(18)25-14-17(24)13-21-9-11-22(12-10-21)15-5-7-16(23)8-6-15/h1-8,17,23-24H,9-14H2. The van der Waals surface area contributed by atoms with Crippen molar-refractivity contribution in [2.75, 3.05) is 44.2 Å². The Morgan fingerprint density at radius 1 is 1.00 bits per heavy atom. The summed E-state index contributed by atoms with van der Waals surface area (Å²) in [5.74, 6) is 0.0104. The molecule has 3 rings (SSSR count). The summed E-state index contributed by atoms with van der Waals surface area (Å²) < 4.78 is 18.8. The van der Waals surface area contributed by atoms with Gasteiger partial charge in [-0.2, -0.15) is 0 Å². The van der Waals surface area contributed by atoms with Crippen LogP contribution in [0, 0.1) is 5.82 Å². The number of rotatable bonds is 6. The molecule has 1 atom stereocenters. The minimum Gasteiger partial charge on any atom is -0.508 e. The first kappa shape index (κ1) is 17.5. The molecule has 0 bridgehead atoms. The molecule has 2 N–H and O–H groups in total. The Balaban J connectivity index is 1.42. The molecule has 0 radical (unpaired) electrons. The van der Waals surface area contributed by atoms with E-state index in [0.29, 0.717) is 6.54 Å². The number of nitrogens with zero attached hydrogens (tertiary/aromatic N) is 2. The third-order valence-electron chi connectivity index (χ3n) is 4.32. The Morgan fingerprint density at radius 3 is 2.36 bits per heavy atom. The molecule has 5 nitrogen and oxygen atoms in total. The number of aliphatic hydroxyl groups excluding tert-OH is 1. The van der Waals surface area contributed by atoms with Crippen molar-refractivity contribution < 1.29 is 19.3 Å². The summed E-state index contributed by atoms with van der Waals surface area (Å²) >= 11 is 0. The lowest BCUT2D eigenvalue weighted by molar-refractivity contribution is 0.0649. The number of aliphatic hydroxyl groups is 1. The van der Waals surface area contributed by atoms with Crippen molar-refractivity contribution in [3.63, 3.8) is 0 Å². The van der Waals surface area contributed by atoms with Crippen LogP contribution in [0.15, 0.2) is 48.5 Å². The Bertz CT molecular complexity index is 673. The molecule has 1 aliphatic rings. The Labute approximate surface area is 146 Å². The highest BCUT2D eigenvalue weighted by Crippen LogP contribution is 2.20. The number of phenols is 1. The van der Waals surface area contributed by atoms with Crippen LogP contribution in [-0.2, 0) is 0 Å². The smallest absolute Gasteiger partial charge is 0.165 e. The molecule has 2 aromatic rings. The van der Waals surface area contributed by atoms with E-state index < -0.39 is 11.9 Å². The van der Waals surface area contributed by atoms with Crippen LogP contribution in [0.3, 0.4) is 0 Å². The Kier molecular flexibility index (Phi) is 5.73. The molecular weight excluding hydrogens is 323 g/mol. The van der Waals surface area contributed by atoms with Crippen LogP contribution >= 0.6 is 0 Å². The second-order valence-electron chi connectivity index (χ2n) is 6.20. The van der Waals surface area contributed by atoms with E-state index in [2.05, 4.69) is 9.80 Å². The lowest BCUT2D eigenvalue weighted by Crippen LogP contribution is -2.49. The summed E-state index contributed by atoms with van der Waals surface area (Å²) in [5, 5.41) is 19.5. The van der Waals surface area contributed by atoms with Gasteiger partial charge in [-0.1, -0.05) is 12.1 Å². The normalized spacial score (nSPS) is 16.6. The zero-order chi connectivity index (χ0) is 17.6. The van der Waals surface area contributed by atoms with Gasteiger partial charge in [0.2, 0.25) is 0 Å². The van der Waals surface area contributed by atoms with Gasteiger partial charge in [-0.3, -0.25) is 4.90 Å². The molecule has 0 aliphatic carbocycles. The summed E-state index contributed by atoms with van der Waals surface area (Å²) in [6.45, 7) is 3.93. The largest absolute Gasteiger partial charge is 0.508 e. The number of benzene rings is 2. The molecule has 1 aliphatic heterocycles. The van der Waals surface area contributed by atoms with E-state index >= 15 is 0 Å². The van der Waals surface area contributed by atoms with E-state index in [1.807, 2.05) is 12.1 Å². The summed E-state index contributed by atoms with van der Waals surface area (Å²) in [7, 11) is 0. The lowest BCUT2D eigenvalue weighted by Gasteiger charge is -2.36. The van der Waals surface area contributed by atoms with Crippen molar-refractivity contribution in [2.24, 2.45) is 0 Å². The van der Waals surface area contributed by atoms with Gasteiger partial charge in [0, 0.05) is 38.4 Å². The fourth-order valence-electron chi connectivity index (χ4n) is 2.95. The van der Waals surface area contributed by atoms with E-state index in [9.17, 15) is 14.6 Å². The lowest BCUT2D eigenvalue weighted by atomic mass is 10.2. The monoisotopic (exact) mass is 346 g/mol. The molecule has 0 amide bonds. The van der Waals surface area contributed by atoms with Gasteiger partial charge in [0.25, 0.3) is 0 Å². The predicted octanol–water partition coefficient (Wildman–Crippen LogP) is 2.09. The molecule has 0 spiro atoms. The highest BCUT2D eigenvalue weighted by atomic mass is 19.1. The predicted molar refractivity (Wildman–Crippen MR) is 94.7 cm³/mol. The number of hydrogen-bond acceptors (Lipinski definition) is 5. The van der Waals surface area contributed by atoms with E-state index in [1.165, 1.54) is 6.07 Å². The van der Waals surface area contributed by atoms with Crippen LogP contribution in [-0.4, -0.2) is 60.5 Å². The van der Waals surface area contributed by atoms with Crippen molar-refractivity contribution in [3.8, 4) is 11.5 Å². The zero-order valence-electron chi connectivity index (χ0n) is 14.0. The molecule has 134 valence electrons. The quantitative estimate of drug-likeness (QED) is 0.839. The summed E-state index contributed by atoms with van der Waals surface area (Å²) in [5.41, 5.74) is 1.08. The fraction of sp³-hybridized carbons (Fsp3) is 0.368. The molecule has 25 heavy (non-hydrogen) atoms. The number of phenolic OH excluding ortho intramolecular Hbond substituents is 1. The minimum atomic E-state index is -0.667. The van der Waals surface area contributed by atoms with Gasteiger partial charge in [0.15, 0.2) is 11.6 Å². The number of β-amino-alcohol motifs (C(OH)–C–C–N with tert-alkyl or cyclic N) is 1. The summed E-state index contributed by atoms with van der Waals surface area (Å²) in [6, 6.07) is 13.4. The third-order valence-corrected chi connectivity index (χ3v) is 4.32. The van der Waals surface area contributed by atoms with Gasteiger partial charge in [-0.15, -0.1) is 0 Å². The number of piperazine rings is 1. The maximum Gasteiger partial charge on any atom is 0.165 e. The average Bonchev–Trinajstić information content (AvgIpc) is 2.62. The molecule has 2 aromatic carbocycles. The highest BCUT2D eigenvalue weighted by Gasteiger charge is 2.20. The van der Waals surface area contributed by atoms with Crippen LogP contribution in [0.2, 0.25) is 0 Å². The van der Waals surface area contributed by atoms with Gasteiger partial charge >= 0.3 is 0 Å². The van der Waals surface area contributed by atoms with E-state index in [1.54, 1.807) is 30.3 Å². The molecule has 0 aromatic heterocycles. The molecule has 1 heterocycles. The van der Waals surface area contributed by atoms with Crippen LogP contribution in [0.1, 0.15) is 0 Å². The van der Waals surface area contributed by atoms with E-state index in [4.69, 9.17) is 4.74 Å². The Morgan fingerprint density at radius 2 is 1.68 bits per heavy atom. The molecule has 0 saturated carbocycles. The van der Waals surface area contributed by atoms with Gasteiger partial charge in [0.05, 0.1) is 0 Å². The zero-order valence-corrected chi connectivity index (χ0v) is 14.0. The molecule has 6 heteroatoms. The first-order valence-corrected chi connectivity index (χ1v) is 8.43. The van der Waals surface area contributed by atoms with Crippen LogP contribution in [0.5, 0.6) is 11.5 Å². The van der Waals surface area contributed by atoms with Crippen LogP contribution in [0.25, 0.3) is 0 Å². The topological polar surface area (TPSA) is 56.2 Å². The van der Waals surface area contributed by atoms with Crippen LogP contribution in [0.4, 0.5) is 10.1 Å². The molecule has 1 saturated heterocycles. The molecular formula is C19H23FN2O3. The molecule has 1 unspecified atom stereocenters. The number of hydrogen-bond donors (Lipinski definition) is 2. The maximum atomic E-state index is 13.5.